The second kappa shape index (κ2) is 10.6. The third-order valence-corrected chi connectivity index (χ3v) is 6.82. The molecule has 1 fully saturated rings. The van der Waals surface area contributed by atoms with Crippen molar-refractivity contribution in [3.05, 3.63) is 62.5 Å². The van der Waals surface area contributed by atoms with Gasteiger partial charge in [-0.1, -0.05) is 37.3 Å². The Labute approximate surface area is 196 Å². The molecular formula is C24H29N3O5S. The number of hydrogen-bond donors (Lipinski definition) is 2. The first-order valence-corrected chi connectivity index (χ1v) is 12.0. The Morgan fingerprint density at radius 1 is 1.33 bits per heavy atom. The number of ether oxygens (including phenoxy) is 2. The molecule has 0 aliphatic heterocycles. The van der Waals surface area contributed by atoms with Gasteiger partial charge in [0.05, 0.1) is 38.4 Å². The number of hydrogen-bond acceptors (Lipinski definition) is 8. The third kappa shape index (κ3) is 5.67. The summed E-state index contributed by atoms with van der Waals surface area (Å²) in [5.41, 5.74) is 1.49. The highest BCUT2D eigenvalue weighted by Crippen LogP contribution is 2.30. The first-order chi connectivity index (χ1) is 16.0. The molecule has 2 aromatic heterocycles. The van der Waals surface area contributed by atoms with Crippen molar-refractivity contribution in [1.82, 2.24) is 14.9 Å². The maximum absolute atomic E-state index is 12.8. The number of thiophene rings is 1. The smallest absolute Gasteiger partial charge is 0.348 e. The zero-order valence-electron chi connectivity index (χ0n) is 18.9. The van der Waals surface area contributed by atoms with Crippen LogP contribution in [0.2, 0.25) is 0 Å². The first-order valence-electron chi connectivity index (χ1n) is 11.2. The Balaban J connectivity index is 1.44. The summed E-state index contributed by atoms with van der Waals surface area (Å²) in [6, 6.07) is 10.2. The molecule has 1 saturated carbocycles. The normalized spacial score (nSPS) is 14.7. The Morgan fingerprint density at radius 2 is 2.09 bits per heavy atom. The van der Waals surface area contributed by atoms with Gasteiger partial charge in [-0.3, -0.25) is 9.69 Å². The molecule has 176 valence electrons. The maximum atomic E-state index is 12.8. The Bertz CT molecular complexity index is 1160. The molecule has 0 amide bonds. The van der Waals surface area contributed by atoms with E-state index >= 15 is 0 Å². The quantitative estimate of drug-likeness (QED) is 0.414. The largest absolute Gasteiger partial charge is 0.465 e. The number of aryl methyl sites for hydroxylation is 1. The number of carbonyl (C=O) groups excluding carboxylic acids is 1. The van der Waals surface area contributed by atoms with E-state index in [0.29, 0.717) is 58.6 Å². The van der Waals surface area contributed by atoms with Crippen molar-refractivity contribution in [3.8, 4) is 0 Å². The van der Waals surface area contributed by atoms with E-state index in [9.17, 15) is 14.7 Å². The molecule has 2 N–H and O–H groups in total. The van der Waals surface area contributed by atoms with Gasteiger partial charge in [-0.25, -0.2) is 9.78 Å². The van der Waals surface area contributed by atoms with Crippen LogP contribution in [0.4, 0.5) is 0 Å². The predicted molar refractivity (Wildman–Crippen MR) is 126 cm³/mol. The number of aliphatic hydroxyl groups is 1. The van der Waals surface area contributed by atoms with Gasteiger partial charge >= 0.3 is 5.97 Å². The van der Waals surface area contributed by atoms with Gasteiger partial charge in [0.25, 0.3) is 5.56 Å². The molecule has 0 radical (unpaired) electrons. The van der Waals surface area contributed by atoms with Crippen molar-refractivity contribution >= 4 is 27.5 Å². The standard InChI is InChI=1S/C24H29N3O5S/c1-3-18-20-22(29)25-19(26-23(20)33-21(18)24(30)31-2)12-27(16-9-10-16)11-17(28)14-32-13-15-7-5-4-6-8-15/h4-8,16-17,28H,3,9-14H2,1-2H3,(H,25,26,29)/t17-/m0/s1. The molecule has 33 heavy (non-hydrogen) atoms. The average molecular weight is 472 g/mol. The third-order valence-electron chi connectivity index (χ3n) is 5.72. The summed E-state index contributed by atoms with van der Waals surface area (Å²) in [6.45, 7) is 3.43. The van der Waals surface area contributed by atoms with Crippen molar-refractivity contribution in [3.63, 3.8) is 0 Å². The summed E-state index contributed by atoms with van der Waals surface area (Å²) in [7, 11) is 1.33. The lowest BCUT2D eigenvalue weighted by atomic mass is 10.1. The van der Waals surface area contributed by atoms with Crippen LogP contribution in [0.1, 0.15) is 46.4 Å². The van der Waals surface area contributed by atoms with Crippen LogP contribution in [0.15, 0.2) is 35.1 Å². The second-order valence-electron chi connectivity index (χ2n) is 8.26. The van der Waals surface area contributed by atoms with Crippen LogP contribution in [-0.2, 0) is 29.0 Å². The molecule has 0 spiro atoms. The van der Waals surface area contributed by atoms with E-state index in [1.165, 1.54) is 18.4 Å². The molecule has 0 saturated heterocycles. The number of nitrogens with one attached hydrogen (secondary N) is 1. The van der Waals surface area contributed by atoms with Crippen LogP contribution in [0, 0.1) is 0 Å². The SMILES string of the molecule is CCc1c(C(=O)OC)sc2nc(CN(C[C@H](O)COCc3ccccc3)C3CC3)[nH]c(=O)c12. The highest BCUT2D eigenvalue weighted by Gasteiger charge is 2.31. The topological polar surface area (TPSA) is 105 Å². The predicted octanol–water partition coefficient (Wildman–Crippen LogP) is 2.88. The molecule has 8 nitrogen and oxygen atoms in total. The Hall–Kier alpha value is -2.59. The molecule has 1 aliphatic rings. The molecule has 0 bridgehead atoms. The molecule has 1 atom stereocenters. The van der Waals surface area contributed by atoms with Crippen LogP contribution < -0.4 is 5.56 Å². The fourth-order valence-electron chi connectivity index (χ4n) is 3.96. The number of aromatic amines is 1. The van der Waals surface area contributed by atoms with Gasteiger partial charge in [0, 0.05) is 12.6 Å². The monoisotopic (exact) mass is 471 g/mol. The van der Waals surface area contributed by atoms with Crippen LogP contribution >= 0.6 is 11.3 Å². The Morgan fingerprint density at radius 3 is 2.76 bits per heavy atom. The maximum Gasteiger partial charge on any atom is 0.348 e. The van der Waals surface area contributed by atoms with E-state index in [-0.39, 0.29) is 12.2 Å². The van der Waals surface area contributed by atoms with E-state index in [2.05, 4.69) is 14.9 Å². The van der Waals surface area contributed by atoms with E-state index in [1.54, 1.807) is 0 Å². The molecule has 2 heterocycles. The number of nitrogens with zero attached hydrogens (tertiary/aromatic N) is 2. The van der Waals surface area contributed by atoms with Crippen molar-refractivity contribution in [2.45, 2.75) is 51.5 Å². The fourth-order valence-corrected chi connectivity index (χ4v) is 5.17. The van der Waals surface area contributed by atoms with Crippen molar-refractivity contribution in [2.24, 2.45) is 0 Å². The van der Waals surface area contributed by atoms with Gasteiger partial charge in [0.15, 0.2) is 0 Å². The number of rotatable bonds is 11. The number of benzene rings is 1. The highest BCUT2D eigenvalue weighted by atomic mass is 32.1. The molecule has 3 aromatic rings. The van der Waals surface area contributed by atoms with Gasteiger partial charge in [-0.15, -0.1) is 11.3 Å². The number of fused-ring (bicyclic) bond motifs is 1. The fraction of sp³-hybridized carbons (Fsp3) is 0.458. The minimum absolute atomic E-state index is 0.231. The van der Waals surface area contributed by atoms with Gasteiger partial charge in [-0.05, 0) is 30.4 Å². The lowest BCUT2D eigenvalue weighted by Gasteiger charge is -2.24. The lowest BCUT2D eigenvalue weighted by Crippen LogP contribution is -2.37. The molecule has 0 unspecified atom stereocenters. The summed E-state index contributed by atoms with van der Waals surface area (Å²) >= 11 is 1.19. The highest BCUT2D eigenvalue weighted by molar-refractivity contribution is 7.20. The number of methoxy groups -OCH3 is 1. The summed E-state index contributed by atoms with van der Waals surface area (Å²) in [5, 5.41) is 11.0. The Kier molecular flexibility index (Phi) is 7.54. The lowest BCUT2D eigenvalue weighted by molar-refractivity contribution is 0.00666. The summed E-state index contributed by atoms with van der Waals surface area (Å²) in [6.07, 6.45) is 1.99. The molecule has 4 rings (SSSR count). The molecule has 9 heteroatoms. The summed E-state index contributed by atoms with van der Waals surface area (Å²) in [4.78, 5) is 35.6. The minimum atomic E-state index is -0.649. The average Bonchev–Trinajstić information content (AvgIpc) is 3.59. The number of carbonyl (C=O) groups is 1. The van der Waals surface area contributed by atoms with Crippen molar-refractivity contribution in [1.29, 1.82) is 0 Å². The van der Waals surface area contributed by atoms with E-state index in [0.717, 1.165) is 18.4 Å². The number of aliphatic hydroxyl groups excluding tert-OH is 1. The molecular weight excluding hydrogens is 442 g/mol. The summed E-state index contributed by atoms with van der Waals surface area (Å²) < 4.78 is 10.5. The number of H-pyrrole nitrogens is 1. The number of aromatic nitrogens is 2. The second-order valence-corrected chi connectivity index (χ2v) is 9.26. The van der Waals surface area contributed by atoms with Crippen molar-refractivity contribution in [2.75, 3.05) is 20.3 Å². The van der Waals surface area contributed by atoms with Gasteiger partial charge in [0.1, 0.15) is 15.5 Å². The van der Waals surface area contributed by atoms with E-state index in [1.807, 2.05) is 37.3 Å². The van der Waals surface area contributed by atoms with Gasteiger partial charge in [0.2, 0.25) is 0 Å². The van der Waals surface area contributed by atoms with Crippen molar-refractivity contribution < 1.29 is 19.4 Å². The van der Waals surface area contributed by atoms with Crippen LogP contribution in [0.5, 0.6) is 0 Å². The van der Waals surface area contributed by atoms with Crippen LogP contribution in [-0.4, -0.2) is 58.4 Å². The number of esters is 1. The molecule has 1 aromatic carbocycles. The van der Waals surface area contributed by atoms with Crippen LogP contribution in [0.3, 0.4) is 0 Å². The first kappa shape index (κ1) is 23.6. The summed E-state index contributed by atoms with van der Waals surface area (Å²) in [5.74, 6) is 0.0751. The van der Waals surface area contributed by atoms with Gasteiger partial charge < -0.3 is 19.6 Å². The van der Waals surface area contributed by atoms with Crippen LogP contribution in [0.25, 0.3) is 10.2 Å². The molecule has 1 aliphatic carbocycles. The minimum Gasteiger partial charge on any atom is -0.465 e. The van der Waals surface area contributed by atoms with Gasteiger partial charge in [-0.2, -0.15) is 0 Å². The van der Waals surface area contributed by atoms with E-state index < -0.39 is 12.1 Å². The zero-order valence-corrected chi connectivity index (χ0v) is 19.7. The van der Waals surface area contributed by atoms with E-state index in [4.69, 9.17) is 9.47 Å². The zero-order chi connectivity index (χ0) is 23.4.